The molecule has 0 heterocycles. The Balaban J connectivity index is 1.75. The van der Waals surface area contributed by atoms with Crippen LogP contribution in [0.15, 0.2) is 30.3 Å². The number of benzene rings is 1. The first kappa shape index (κ1) is 11.0. The molecule has 2 rings (SSSR count). The molecule has 0 radical (unpaired) electrons. The SMILES string of the molecule is SCC1(COCc2ccccc2)CCC1. The molecule has 1 fully saturated rings. The van der Waals surface area contributed by atoms with E-state index in [1.54, 1.807) is 0 Å². The van der Waals surface area contributed by atoms with E-state index in [1.807, 2.05) is 6.07 Å². The zero-order valence-corrected chi connectivity index (χ0v) is 9.88. The molecule has 82 valence electrons. The normalized spacial score (nSPS) is 18.5. The van der Waals surface area contributed by atoms with Gasteiger partial charge in [0, 0.05) is 5.41 Å². The van der Waals surface area contributed by atoms with Crippen LogP contribution < -0.4 is 0 Å². The van der Waals surface area contributed by atoms with E-state index in [0.717, 1.165) is 19.0 Å². The lowest BCUT2D eigenvalue weighted by Crippen LogP contribution is -2.36. The summed E-state index contributed by atoms with van der Waals surface area (Å²) in [4.78, 5) is 0. The summed E-state index contributed by atoms with van der Waals surface area (Å²) in [6.45, 7) is 1.60. The van der Waals surface area contributed by atoms with Crippen molar-refractivity contribution in [3.8, 4) is 0 Å². The van der Waals surface area contributed by atoms with Gasteiger partial charge in [-0.3, -0.25) is 0 Å². The van der Waals surface area contributed by atoms with Crippen LogP contribution in [0.1, 0.15) is 24.8 Å². The molecule has 0 unspecified atom stereocenters. The molecular weight excluding hydrogens is 204 g/mol. The molecule has 0 aliphatic heterocycles. The third kappa shape index (κ3) is 2.76. The molecule has 15 heavy (non-hydrogen) atoms. The maximum atomic E-state index is 5.77. The molecule has 2 heteroatoms. The van der Waals surface area contributed by atoms with Crippen LogP contribution in [0.4, 0.5) is 0 Å². The molecule has 0 spiro atoms. The van der Waals surface area contributed by atoms with Crippen molar-refractivity contribution in [2.45, 2.75) is 25.9 Å². The second-order valence-corrected chi connectivity index (χ2v) is 4.81. The standard InChI is InChI=1S/C13H18OS/c15-11-13(7-4-8-13)10-14-9-12-5-2-1-3-6-12/h1-3,5-6,15H,4,7-11H2. The van der Waals surface area contributed by atoms with Crippen LogP contribution in [0.3, 0.4) is 0 Å². The first-order valence-electron chi connectivity index (χ1n) is 5.57. The van der Waals surface area contributed by atoms with Crippen LogP contribution in [0.2, 0.25) is 0 Å². The highest BCUT2D eigenvalue weighted by atomic mass is 32.1. The minimum Gasteiger partial charge on any atom is -0.376 e. The number of hydrogen-bond acceptors (Lipinski definition) is 2. The van der Waals surface area contributed by atoms with Gasteiger partial charge in [0.05, 0.1) is 13.2 Å². The summed E-state index contributed by atoms with van der Waals surface area (Å²) in [7, 11) is 0. The summed E-state index contributed by atoms with van der Waals surface area (Å²) in [6.07, 6.45) is 3.91. The van der Waals surface area contributed by atoms with E-state index in [0.29, 0.717) is 5.41 Å². The van der Waals surface area contributed by atoms with E-state index in [1.165, 1.54) is 24.8 Å². The highest BCUT2D eigenvalue weighted by Gasteiger charge is 2.35. The quantitative estimate of drug-likeness (QED) is 0.752. The van der Waals surface area contributed by atoms with Crippen molar-refractivity contribution in [1.82, 2.24) is 0 Å². The summed E-state index contributed by atoms with van der Waals surface area (Å²) in [6, 6.07) is 10.3. The van der Waals surface area contributed by atoms with Gasteiger partial charge in [-0.05, 0) is 24.2 Å². The van der Waals surface area contributed by atoms with Gasteiger partial charge in [-0.2, -0.15) is 12.6 Å². The number of ether oxygens (including phenoxy) is 1. The molecule has 0 bridgehead atoms. The van der Waals surface area contributed by atoms with Crippen molar-refractivity contribution in [2.24, 2.45) is 5.41 Å². The van der Waals surface area contributed by atoms with E-state index in [4.69, 9.17) is 4.74 Å². The van der Waals surface area contributed by atoms with Gasteiger partial charge < -0.3 is 4.74 Å². The number of thiol groups is 1. The Bertz CT molecular complexity index is 287. The molecule has 0 amide bonds. The summed E-state index contributed by atoms with van der Waals surface area (Å²) < 4.78 is 5.77. The van der Waals surface area contributed by atoms with E-state index in [2.05, 4.69) is 36.9 Å². The molecule has 0 atom stereocenters. The summed E-state index contributed by atoms with van der Waals surface area (Å²) >= 11 is 4.41. The zero-order chi connectivity index (χ0) is 10.6. The second-order valence-electron chi connectivity index (χ2n) is 4.49. The van der Waals surface area contributed by atoms with Crippen molar-refractivity contribution in [2.75, 3.05) is 12.4 Å². The molecule has 1 nitrogen and oxygen atoms in total. The van der Waals surface area contributed by atoms with Crippen molar-refractivity contribution < 1.29 is 4.74 Å². The van der Waals surface area contributed by atoms with Crippen molar-refractivity contribution >= 4 is 12.6 Å². The fourth-order valence-corrected chi connectivity index (χ4v) is 2.39. The molecule has 0 aromatic heterocycles. The van der Waals surface area contributed by atoms with Gasteiger partial charge in [0.15, 0.2) is 0 Å². The average molecular weight is 222 g/mol. The second kappa shape index (κ2) is 5.04. The number of hydrogen-bond donors (Lipinski definition) is 1. The molecule has 1 aliphatic carbocycles. The van der Waals surface area contributed by atoms with Gasteiger partial charge in [0.1, 0.15) is 0 Å². The third-order valence-electron chi connectivity index (χ3n) is 3.27. The molecule has 1 aromatic rings. The fraction of sp³-hybridized carbons (Fsp3) is 0.538. The number of rotatable bonds is 5. The Kier molecular flexibility index (Phi) is 3.71. The Morgan fingerprint density at radius 2 is 1.93 bits per heavy atom. The van der Waals surface area contributed by atoms with Crippen molar-refractivity contribution in [3.63, 3.8) is 0 Å². The summed E-state index contributed by atoms with van der Waals surface area (Å²) in [5, 5.41) is 0. The van der Waals surface area contributed by atoms with E-state index >= 15 is 0 Å². The smallest absolute Gasteiger partial charge is 0.0717 e. The van der Waals surface area contributed by atoms with Gasteiger partial charge in [-0.15, -0.1) is 0 Å². The molecule has 1 aromatic carbocycles. The van der Waals surface area contributed by atoms with Gasteiger partial charge in [0.2, 0.25) is 0 Å². The molecule has 1 saturated carbocycles. The monoisotopic (exact) mass is 222 g/mol. The maximum Gasteiger partial charge on any atom is 0.0717 e. The molecule has 1 aliphatic rings. The highest BCUT2D eigenvalue weighted by Crippen LogP contribution is 2.42. The van der Waals surface area contributed by atoms with Crippen LogP contribution in [0.25, 0.3) is 0 Å². The predicted octanol–water partition coefficient (Wildman–Crippen LogP) is 3.30. The van der Waals surface area contributed by atoms with Gasteiger partial charge in [-0.1, -0.05) is 36.8 Å². The lowest BCUT2D eigenvalue weighted by Gasteiger charge is -2.40. The van der Waals surface area contributed by atoms with Crippen molar-refractivity contribution in [3.05, 3.63) is 35.9 Å². The van der Waals surface area contributed by atoms with Crippen LogP contribution in [0.5, 0.6) is 0 Å². The van der Waals surface area contributed by atoms with Crippen LogP contribution in [-0.4, -0.2) is 12.4 Å². The molecular formula is C13H18OS. The van der Waals surface area contributed by atoms with Crippen LogP contribution >= 0.6 is 12.6 Å². The highest BCUT2D eigenvalue weighted by molar-refractivity contribution is 7.80. The van der Waals surface area contributed by atoms with Gasteiger partial charge in [-0.25, -0.2) is 0 Å². The largest absolute Gasteiger partial charge is 0.376 e. The first-order valence-corrected chi connectivity index (χ1v) is 6.20. The predicted molar refractivity (Wildman–Crippen MR) is 66.2 cm³/mol. The summed E-state index contributed by atoms with van der Waals surface area (Å²) in [5.74, 6) is 0.960. The molecule has 0 saturated heterocycles. The van der Waals surface area contributed by atoms with Gasteiger partial charge in [0.25, 0.3) is 0 Å². The fourth-order valence-electron chi connectivity index (χ4n) is 1.98. The van der Waals surface area contributed by atoms with E-state index in [-0.39, 0.29) is 0 Å². The minimum absolute atomic E-state index is 0.387. The Labute approximate surface area is 97.2 Å². The van der Waals surface area contributed by atoms with Crippen molar-refractivity contribution in [1.29, 1.82) is 0 Å². The Morgan fingerprint density at radius 3 is 2.47 bits per heavy atom. The minimum atomic E-state index is 0.387. The average Bonchev–Trinajstić information content (AvgIpc) is 2.24. The Morgan fingerprint density at radius 1 is 1.20 bits per heavy atom. The lowest BCUT2D eigenvalue weighted by atomic mass is 9.71. The summed E-state index contributed by atoms with van der Waals surface area (Å²) in [5.41, 5.74) is 1.64. The van der Waals surface area contributed by atoms with E-state index in [9.17, 15) is 0 Å². The zero-order valence-electron chi connectivity index (χ0n) is 8.98. The van der Waals surface area contributed by atoms with Gasteiger partial charge >= 0.3 is 0 Å². The van der Waals surface area contributed by atoms with E-state index < -0.39 is 0 Å². The first-order chi connectivity index (χ1) is 7.35. The molecule has 0 N–H and O–H groups in total. The van der Waals surface area contributed by atoms with Crippen LogP contribution in [0, 0.1) is 5.41 Å². The van der Waals surface area contributed by atoms with Crippen LogP contribution in [-0.2, 0) is 11.3 Å². The lowest BCUT2D eigenvalue weighted by molar-refractivity contribution is 0.00219. The Hall–Kier alpha value is -0.470. The topological polar surface area (TPSA) is 9.23 Å². The maximum absolute atomic E-state index is 5.77. The third-order valence-corrected chi connectivity index (χ3v) is 3.94.